The third-order valence-corrected chi connectivity index (χ3v) is 7.22. The van der Waals surface area contributed by atoms with Crippen molar-refractivity contribution in [3.8, 4) is 0 Å². The molecular weight excluding hydrogens is 392 g/mol. The molecule has 1 heterocycles. The highest BCUT2D eigenvalue weighted by molar-refractivity contribution is 7.89. The van der Waals surface area contributed by atoms with E-state index in [2.05, 4.69) is 11.6 Å². The van der Waals surface area contributed by atoms with Gasteiger partial charge in [0.2, 0.25) is 0 Å². The Morgan fingerprint density at radius 2 is 1.57 bits per heavy atom. The first-order chi connectivity index (χ1) is 14.4. The molecule has 1 unspecified atom stereocenters. The average Bonchev–Trinajstić information content (AvgIpc) is 3.21. The lowest BCUT2D eigenvalue weighted by Crippen LogP contribution is -2.42. The molecule has 0 amide bonds. The molecule has 0 fully saturated rings. The number of aliphatic imine (C=N–C) groups is 1. The fourth-order valence-corrected chi connectivity index (χ4v) is 5.37. The maximum atomic E-state index is 13.8. The molecule has 0 saturated heterocycles. The summed E-state index contributed by atoms with van der Waals surface area (Å²) in [5, 5.41) is 0. The second-order valence-electron chi connectivity index (χ2n) is 7.50. The van der Waals surface area contributed by atoms with Crippen molar-refractivity contribution in [2.45, 2.75) is 24.8 Å². The highest BCUT2D eigenvalue weighted by Crippen LogP contribution is 2.33. The minimum absolute atomic E-state index is 0.251. The van der Waals surface area contributed by atoms with Crippen LogP contribution in [0.3, 0.4) is 0 Å². The van der Waals surface area contributed by atoms with Gasteiger partial charge in [0.1, 0.15) is 5.84 Å². The topological polar surface area (TPSA) is 49.7 Å². The van der Waals surface area contributed by atoms with E-state index in [9.17, 15) is 8.42 Å². The van der Waals surface area contributed by atoms with Crippen LogP contribution >= 0.6 is 0 Å². The molecule has 0 N–H and O–H groups in total. The minimum Gasteiger partial charge on any atom is -0.265 e. The Labute approximate surface area is 178 Å². The number of sulfonamides is 1. The monoisotopic (exact) mass is 416 g/mol. The minimum atomic E-state index is -3.83. The largest absolute Gasteiger partial charge is 0.266 e. The predicted molar refractivity (Wildman–Crippen MR) is 122 cm³/mol. The van der Waals surface area contributed by atoms with Gasteiger partial charge in [-0.3, -0.25) is 4.99 Å². The van der Waals surface area contributed by atoms with E-state index < -0.39 is 16.1 Å². The van der Waals surface area contributed by atoms with Crippen LogP contribution in [0.2, 0.25) is 0 Å². The number of rotatable bonds is 5. The van der Waals surface area contributed by atoms with E-state index in [1.165, 1.54) is 4.31 Å². The fraction of sp³-hybridized carbons (Fsp3) is 0.160. The molecule has 1 aliphatic heterocycles. The highest BCUT2D eigenvalue weighted by Gasteiger charge is 2.40. The summed E-state index contributed by atoms with van der Waals surface area (Å²) in [5.41, 5.74) is 4.54. The molecule has 30 heavy (non-hydrogen) atoms. The van der Waals surface area contributed by atoms with E-state index in [0.717, 1.165) is 27.8 Å². The summed E-state index contributed by atoms with van der Waals surface area (Å²) in [4.78, 5) is 4.91. The maximum Gasteiger partial charge on any atom is 0.266 e. The fourth-order valence-electron chi connectivity index (χ4n) is 3.74. The van der Waals surface area contributed by atoms with Gasteiger partial charge < -0.3 is 0 Å². The standard InChI is InChI=1S/C25H24N2O2S/c1-18-13-15-22(16-14-18)30(28,29)27-24(20(3)23-12-8-7-9-19(23)2)17-26-25(27)21-10-5-4-6-11-21/h4-16,24H,3,17H2,1-2H3. The lowest BCUT2D eigenvalue weighted by Gasteiger charge is -2.29. The highest BCUT2D eigenvalue weighted by atomic mass is 32.2. The zero-order valence-electron chi connectivity index (χ0n) is 17.1. The van der Waals surface area contributed by atoms with Crippen molar-refractivity contribution in [1.29, 1.82) is 0 Å². The molecule has 0 aliphatic carbocycles. The summed E-state index contributed by atoms with van der Waals surface area (Å²) in [6, 6.07) is 23.8. The number of amidine groups is 1. The van der Waals surface area contributed by atoms with E-state index in [0.29, 0.717) is 12.4 Å². The van der Waals surface area contributed by atoms with Crippen molar-refractivity contribution in [1.82, 2.24) is 4.31 Å². The molecule has 1 atom stereocenters. The Hall–Kier alpha value is -3.18. The van der Waals surface area contributed by atoms with Crippen LogP contribution in [0.25, 0.3) is 5.57 Å². The van der Waals surface area contributed by atoms with Crippen molar-refractivity contribution in [2.24, 2.45) is 4.99 Å². The van der Waals surface area contributed by atoms with Crippen LogP contribution < -0.4 is 0 Å². The van der Waals surface area contributed by atoms with E-state index in [-0.39, 0.29) is 4.90 Å². The van der Waals surface area contributed by atoms with Gasteiger partial charge in [0, 0.05) is 5.56 Å². The van der Waals surface area contributed by atoms with Crippen LogP contribution in [0, 0.1) is 13.8 Å². The molecule has 3 aromatic rings. The third kappa shape index (κ3) is 3.57. The predicted octanol–water partition coefficient (Wildman–Crippen LogP) is 4.84. The molecule has 1 aliphatic rings. The summed E-state index contributed by atoms with van der Waals surface area (Å²) in [6.45, 7) is 8.57. The smallest absolute Gasteiger partial charge is 0.265 e. The molecule has 0 radical (unpaired) electrons. The van der Waals surface area contributed by atoms with Crippen LogP contribution in [0.1, 0.15) is 22.3 Å². The van der Waals surface area contributed by atoms with Gasteiger partial charge in [-0.05, 0) is 42.7 Å². The van der Waals surface area contributed by atoms with Gasteiger partial charge in [0.05, 0.1) is 17.5 Å². The second kappa shape index (κ2) is 7.92. The Balaban J connectivity index is 1.82. The zero-order valence-corrected chi connectivity index (χ0v) is 17.9. The van der Waals surface area contributed by atoms with Crippen molar-refractivity contribution in [3.05, 3.63) is 108 Å². The van der Waals surface area contributed by atoms with E-state index in [1.54, 1.807) is 12.1 Å². The van der Waals surface area contributed by atoms with Crippen LogP contribution in [-0.2, 0) is 10.0 Å². The first-order valence-electron chi connectivity index (χ1n) is 9.85. The molecule has 0 spiro atoms. The zero-order chi connectivity index (χ0) is 21.3. The molecule has 0 bridgehead atoms. The number of aryl methyl sites for hydroxylation is 2. The van der Waals surface area contributed by atoms with Crippen LogP contribution in [0.15, 0.2) is 95.3 Å². The molecule has 0 saturated carbocycles. The lowest BCUT2D eigenvalue weighted by molar-refractivity contribution is 0.509. The normalized spacial score (nSPS) is 16.4. The molecular formula is C25H24N2O2S. The molecule has 152 valence electrons. The van der Waals surface area contributed by atoms with Crippen molar-refractivity contribution < 1.29 is 8.42 Å². The van der Waals surface area contributed by atoms with Crippen molar-refractivity contribution in [2.75, 3.05) is 6.54 Å². The lowest BCUT2D eigenvalue weighted by atomic mass is 9.96. The Morgan fingerprint density at radius 3 is 2.23 bits per heavy atom. The Kier molecular flexibility index (Phi) is 5.31. The van der Waals surface area contributed by atoms with Gasteiger partial charge in [-0.2, -0.15) is 0 Å². The average molecular weight is 417 g/mol. The Morgan fingerprint density at radius 1 is 0.933 bits per heavy atom. The quantitative estimate of drug-likeness (QED) is 0.598. The third-order valence-electron chi connectivity index (χ3n) is 5.41. The second-order valence-corrected chi connectivity index (χ2v) is 9.32. The molecule has 4 rings (SSSR count). The van der Waals surface area contributed by atoms with Gasteiger partial charge in [-0.25, -0.2) is 12.7 Å². The number of hydrogen-bond acceptors (Lipinski definition) is 3. The maximum absolute atomic E-state index is 13.8. The van der Waals surface area contributed by atoms with E-state index >= 15 is 0 Å². The van der Waals surface area contributed by atoms with Gasteiger partial charge >= 0.3 is 0 Å². The van der Waals surface area contributed by atoms with Gasteiger partial charge in [-0.15, -0.1) is 0 Å². The van der Waals surface area contributed by atoms with Gasteiger partial charge in [0.15, 0.2) is 0 Å². The van der Waals surface area contributed by atoms with Crippen LogP contribution in [0.5, 0.6) is 0 Å². The van der Waals surface area contributed by atoms with Crippen LogP contribution in [-0.4, -0.2) is 31.1 Å². The number of nitrogens with zero attached hydrogens (tertiary/aromatic N) is 2. The van der Waals surface area contributed by atoms with E-state index in [4.69, 9.17) is 0 Å². The summed E-state index contributed by atoms with van der Waals surface area (Å²) in [6.07, 6.45) is 0. The van der Waals surface area contributed by atoms with Crippen molar-refractivity contribution >= 4 is 21.4 Å². The van der Waals surface area contributed by atoms with Crippen LogP contribution in [0.4, 0.5) is 0 Å². The van der Waals surface area contributed by atoms with E-state index in [1.807, 2.05) is 80.6 Å². The summed E-state index contributed by atoms with van der Waals surface area (Å²) < 4.78 is 29.0. The van der Waals surface area contributed by atoms with Crippen molar-refractivity contribution in [3.63, 3.8) is 0 Å². The summed E-state index contributed by atoms with van der Waals surface area (Å²) >= 11 is 0. The Bertz CT molecular complexity index is 1210. The molecule has 4 nitrogen and oxygen atoms in total. The first-order valence-corrected chi connectivity index (χ1v) is 11.3. The molecule has 5 heteroatoms. The SMILES string of the molecule is C=C(c1ccccc1C)C1CN=C(c2ccccc2)N1S(=O)(=O)c1ccc(C)cc1. The number of hydrogen-bond donors (Lipinski definition) is 0. The van der Waals surface area contributed by atoms with Gasteiger partial charge in [0.25, 0.3) is 10.0 Å². The van der Waals surface area contributed by atoms with Gasteiger partial charge in [-0.1, -0.05) is 78.9 Å². The first kappa shape index (κ1) is 20.1. The summed E-state index contributed by atoms with van der Waals surface area (Å²) in [7, 11) is -3.83. The summed E-state index contributed by atoms with van der Waals surface area (Å²) in [5.74, 6) is 0.455. The molecule has 0 aromatic heterocycles. The number of benzene rings is 3. The molecule has 3 aromatic carbocycles.